The van der Waals surface area contributed by atoms with Gasteiger partial charge in [0.15, 0.2) is 5.60 Å². The lowest BCUT2D eigenvalue weighted by atomic mass is 9.91. The summed E-state index contributed by atoms with van der Waals surface area (Å²) in [7, 11) is 0. The molecule has 1 saturated heterocycles. The third-order valence-corrected chi connectivity index (χ3v) is 4.03. The van der Waals surface area contributed by atoms with Gasteiger partial charge in [-0.1, -0.05) is 35.9 Å². The summed E-state index contributed by atoms with van der Waals surface area (Å²) in [5, 5.41) is 5.41. The first-order valence-corrected chi connectivity index (χ1v) is 7.74. The lowest BCUT2D eigenvalue weighted by molar-refractivity contribution is -0.120. The van der Waals surface area contributed by atoms with Crippen LogP contribution in [0.2, 0.25) is 0 Å². The van der Waals surface area contributed by atoms with E-state index in [2.05, 4.69) is 15.6 Å². The number of benzene rings is 1. The number of amides is 2. The van der Waals surface area contributed by atoms with E-state index >= 15 is 0 Å². The van der Waals surface area contributed by atoms with Crippen LogP contribution in [0.4, 0.5) is 4.79 Å². The zero-order valence-corrected chi connectivity index (χ0v) is 13.6. The summed E-state index contributed by atoms with van der Waals surface area (Å²) in [5.41, 5.74) is 2.62. The molecule has 24 heavy (non-hydrogen) atoms. The topological polar surface area (TPSA) is 80.3 Å². The number of hydrogen-bond donors (Lipinski definition) is 2. The van der Waals surface area contributed by atoms with Crippen LogP contribution < -0.4 is 10.6 Å². The normalized spacial score (nSPS) is 19.5. The first kappa shape index (κ1) is 16.0. The lowest BCUT2D eigenvalue weighted by Gasteiger charge is -2.28. The van der Waals surface area contributed by atoms with Gasteiger partial charge in [-0.25, -0.2) is 4.79 Å². The van der Waals surface area contributed by atoms with Gasteiger partial charge in [-0.05, 0) is 18.6 Å². The molecule has 0 saturated carbocycles. The highest BCUT2D eigenvalue weighted by Crippen LogP contribution is 2.34. The highest BCUT2D eigenvalue weighted by atomic mass is 16.6. The molecule has 1 aliphatic heterocycles. The van der Waals surface area contributed by atoms with Gasteiger partial charge in [0.2, 0.25) is 5.91 Å². The van der Waals surface area contributed by atoms with Gasteiger partial charge in [0, 0.05) is 18.7 Å². The monoisotopic (exact) mass is 325 g/mol. The van der Waals surface area contributed by atoms with E-state index in [0.29, 0.717) is 5.69 Å². The largest absolute Gasteiger partial charge is 0.433 e. The SMILES string of the molecule is CC(=O)NCC1(c2ncccc2-c2ccc(C)cc2)CNC(=O)O1. The minimum atomic E-state index is -1.02. The van der Waals surface area contributed by atoms with Gasteiger partial charge in [-0.3, -0.25) is 9.78 Å². The number of rotatable bonds is 4. The fourth-order valence-corrected chi connectivity index (χ4v) is 2.78. The Morgan fingerprint density at radius 2 is 2.08 bits per heavy atom. The van der Waals surface area contributed by atoms with Gasteiger partial charge < -0.3 is 15.4 Å². The van der Waals surface area contributed by atoms with E-state index in [1.165, 1.54) is 6.92 Å². The van der Waals surface area contributed by atoms with Gasteiger partial charge in [-0.2, -0.15) is 0 Å². The molecule has 0 radical (unpaired) electrons. The fourth-order valence-electron chi connectivity index (χ4n) is 2.78. The maximum atomic E-state index is 11.7. The van der Waals surface area contributed by atoms with Crippen LogP contribution in [-0.2, 0) is 15.1 Å². The highest BCUT2D eigenvalue weighted by Gasteiger charge is 2.45. The van der Waals surface area contributed by atoms with E-state index in [4.69, 9.17) is 4.74 Å². The van der Waals surface area contributed by atoms with Crippen molar-refractivity contribution in [1.29, 1.82) is 0 Å². The van der Waals surface area contributed by atoms with Gasteiger partial charge in [-0.15, -0.1) is 0 Å². The Bertz CT molecular complexity index is 773. The summed E-state index contributed by atoms with van der Waals surface area (Å²) >= 11 is 0. The molecule has 1 fully saturated rings. The second kappa shape index (κ2) is 6.31. The molecule has 2 N–H and O–H groups in total. The van der Waals surface area contributed by atoms with Crippen LogP contribution in [-0.4, -0.2) is 30.1 Å². The fraction of sp³-hybridized carbons (Fsp3) is 0.278. The van der Waals surface area contributed by atoms with E-state index in [-0.39, 0.29) is 19.0 Å². The van der Waals surface area contributed by atoms with Crippen molar-refractivity contribution < 1.29 is 14.3 Å². The molecule has 0 spiro atoms. The number of aromatic nitrogens is 1. The summed E-state index contributed by atoms with van der Waals surface area (Å²) < 4.78 is 5.54. The van der Waals surface area contributed by atoms with Crippen LogP contribution in [0.1, 0.15) is 18.2 Å². The van der Waals surface area contributed by atoms with Crippen LogP contribution in [0.25, 0.3) is 11.1 Å². The molecule has 2 amide bonds. The number of alkyl carbamates (subject to hydrolysis) is 1. The number of carbonyl (C=O) groups excluding carboxylic acids is 2. The average Bonchev–Trinajstić information content (AvgIpc) is 2.96. The van der Waals surface area contributed by atoms with Crippen molar-refractivity contribution in [3.8, 4) is 11.1 Å². The molecule has 1 unspecified atom stereocenters. The third kappa shape index (κ3) is 3.08. The molecule has 0 bridgehead atoms. The van der Waals surface area contributed by atoms with Crippen molar-refractivity contribution in [3.63, 3.8) is 0 Å². The van der Waals surface area contributed by atoms with Crippen molar-refractivity contribution in [2.75, 3.05) is 13.1 Å². The van der Waals surface area contributed by atoms with Crippen LogP contribution in [0.5, 0.6) is 0 Å². The van der Waals surface area contributed by atoms with Crippen molar-refractivity contribution in [2.24, 2.45) is 0 Å². The molecular weight excluding hydrogens is 306 g/mol. The number of nitrogens with one attached hydrogen (secondary N) is 2. The Morgan fingerprint density at radius 3 is 2.71 bits per heavy atom. The van der Waals surface area contributed by atoms with Crippen molar-refractivity contribution in [3.05, 3.63) is 53.9 Å². The molecule has 6 nitrogen and oxygen atoms in total. The number of ether oxygens (including phenoxy) is 1. The number of carbonyl (C=O) groups is 2. The van der Waals surface area contributed by atoms with Crippen molar-refractivity contribution in [1.82, 2.24) is 15.6 Å². The number of pyridine rings is 1. The first-order chi connectivity index (χ1) is 11.5. The van der Waals surface area contributed by atoms with Gasteiger partial charge in [0.05, 0.1) is 18.8 Å². The van der Waals surface area contributed by atoms with Gasteiger partial charge >= 0.3 is 6.09 Å². The minimum absolute atomic E-state index is 0.164. The summed E-state index contributed by atoms with van der Waals surface area (Å²) in [6, 6.07) is 11.8. The predicted octanol–water partition coefficient (Wildman–Crippen LogP) is 2.13. The Morgan fingerprint density at radius 1 is 1.33 bits per heavy atom. The van der Waals surface area contributed by atoms with Crippen LogP contribution in [0.3, 0.4) is 0 Å². The van der Waals surface area contributed by atoms with E-state index in [9.17, 15) is 9.59 Å². The average molecular weight is 325 g/mol. The summed E-state index contributed by atoms with van der Waals surface area (Å²) in [6.07, 6.45) is 1.15. The number of cyclic esters (lactones) is 1. The Hall–Kier alpha value is -2.89. The second-order valence-electron chi connectivity index (χ2n) is 5.91. The highest BCUT2D eigenvalue weighted by molar-refractivity contribution is 5.75. The first-order valence-electron chi connectivity index (χ1n) is 7.74. The molecule has 3 rings (SSSR count). The molecule has 1 aromatic heterocycles. The lowest BCUT2D eigenvalue weighted by Crippen LogP contribution is -2.43. The van der Waals surface area contributed by atoms with Crippen LogP contribution in [0, 0.1) is 6.92 Å². The quantitative estimate of drug-likeness (QED) is 0.902. The third-order valence-electron chi connectivity index (χ3n) is 4.03. The minimum Gasteiger partial charge on any atom is -0.433 e. The standard InChI is InChI=1S/C18H19N3O3/c1-12-5-7-14(8-6-12)15-4-3-9-19-16(15)18(10-20-13(2)22)11-21-17(23)24-18/h3-9H,10-11H2,1-2H3,(H,20,22)(H,21,23). The molecule has 0 aliphatic carbocycles. The predicted molar refractivity (Wildman–Crippen MR) is 89.3 cm³/mol. The van der Waals surface area contributed by atoms with E-state index in [0.717, 1.165) is 16.7 Å². The summed E-state index contributed by atoms with van der Waals surface area (Å²) in [6.45, 7) is 3.87. The smallest absolute Gasteiger partial charge is 0.408 e. The Labute approximate surface area is 140 Å². The molecule has 2 heterocycles. The van der Waals surface area contributed by atoms with Crippen LogP contribution in [0.15, 0.2) is 42.6 Å². The number of nitrogens with zero attached hydrogens (tertiary/aromatic N) is 1. The molecule has 124 valence electrons. The molecule has 1 aromatic carbocycles. The number of aryl methyl sites for hydroxylation is 1. The maximum Gasteiger partial charge on any atom is 0.408 e. The maximum absolute atomic E-state index is 11.7. The van der Waals surface area contributed by atoms with Gasteiger partial charge in [0.1, 0.15) is 0 Å². The molecule has 1 atom stereocenters. The number of hydrogen-bond acceptors (Lipinski definition) is 4. The molecule has 6 heteroatoms. The second-order valence-corrected chi connectivity index (χ2v) is 5.91. The Balaban J connectivity index is 2.07. The van der Waals surface area contributed by atoms with E-state index < -0.39 is 11.7 Å². The Kier molecular flexibility index (Phi) is 4.20. The molecular formula is C18H19N3O3. The van der Waals surface area contributed by atoms with E-state index in [1.807, 2.05) is 43.3 Å². The van der Waals surface area contributed by atoms with E-state index in [1.54, 1.807) is 6.20 Å². The van der Waals surface area contributed by atoms with Crippen molar-refractivity contribution >= 4 is 12.0 Å². The summed E-state index contributed by atoms with van der Waals surface area (Å²) in [4.78, 5) is 27.5. The van der Waals surface area contributed by atoms with Crippen LogP contribution >= 0.6 is 0 Å². The van der Waals surface area contributed by atoms with Crippen molar-refractivity contribution in [2.45, 2.75) is 19.4 Å². The molecule has 2 aromatic rings. The zero-order chi connectivity index (χ0) is 17.2. The summed E-state index contributed by atoms with van der Waals surface area (Å²) in [5.74, 6) is -0.190. The zero-order valence-electron chi connectivity index (χ0n) is 13.6. The molecule has 1 aliphatic rings. The van der Waals surface area contributed by atoms with Gasteiger partial charge in [0.25, 0.3) is 0 Å².